The number of para-hydroxylation sites is 1. The minimum Gasteiger partial charge on any atom is -0.392 e. The molecule has 0 saturated carbocycles. The summed E-state index contributed by atoms with van der Waals surface area (Å²) < 4.78 is 0. The number of aliphatic hydroxyl groups excluding tert-OH is 1. The second-order valence-electron chi connectivity index (χ2n) is 3.99. The molecule has 0 fully saturated rings. The molecule has 0 aromatic heterocycles. The topological polar surface area (TPSA) is 61.4 Å². The molecule has 0 aliphatic carbocycles. The Morgan fingerprint density at radius 1 is 1.35 bits per heavy atom. The van der Waals surface area contributed by atoms with Crippen LogP contribution in [0.5, 0.6) is 0 Å². The zero-order valence-electron chi connectivity index (χ0n) is 10.1. The molecule has 94 valence electrons. The first-order chi connectivity index (χ1) is 8.22. The van der Waals surface area contributed by atoms with Gasteiger partial charge in [0.2, 0.25) is 5.91 Å². The van der Waals surface area contributed by atoms with Crippen LogP contribution in [0.1, 0.15) is 19.8 Å². The van der Waals surface area contributed by atoms with Crippen LogP contribution in [0.2, 0.25) is 0 Å². The number of carbonyl (C=O) groups excluding carboxylic acids is 1. The monoisotopic (exact) mass is 236 g/mol. The van der Waals surface area contributed by atoms with Crippen molar-refractivity contribution in [1.29, 1.82) is 0 Å². The van der Waals surface area contributed by atoms with Crippen LogP contribution in [-0.4, -0.2) is 30.2 Å². The maximum Gasteiger partial charge on any atom is 0.238 e. The highest BCUT2D eigenvalue weighted by atomic mass is 16.3. The average molecular weight is 236 g/mol. The Hall–Kier alpha value is -1.39. The van der Waals surface area contributed by atoms with Gasteiger partial charge in [-0.3, -0.25) is 4.79 Å². The van der Waals surface area contributed by atoms with Crippen LogP contribution in [0, 0.1) is 0 Å². The van der Waals surface area contributed by atoms with Gasteiger partial charge in [0, 0.05) is 12.2 Å². The molecule has 1 atom stereocenters. The van der Waals surface area contributed by atoms with Gasteiger partial charge in [0.15, 0.2) is 0 Å². The van der Waals surface area contributed by atoms with Gasteiger partial charge >= 0.3 is 0 Å². The highest BCUT2D eigenvalue weighted by Gasteiger charge is 2.04. The number of nitrogens with one attached hydrogen (secondary N) is 2. The third kappa shape index (κ3) is 6.04. The van der Waals surface area contributed by atoms with Gasteiger partial charge in [0.05, 0.1) is 12.6 Å². The molecule has 1 unspecified atom stereocenters. The van der Waals surface area contributed by atoms with Gasteiger partial charge in [-0.1, -0.05) is 31.5 Å². The Bertz CT molecular complexity index is 327. The lowest BCUT2D eigenvalue weighted by Gasteiger charge is -2.10. The lowest BCUT2D eigenvalue weighted by Crippen LogP contribution is -2.33. The number of anilines is 1. The van der Waals surface area contributed by atoms with E-state index in [1.807, 2.05) is 37.3 Å². The number of rotatable bonds is 7. The molecule has 4 heteroatoms. The summed E-state index contributed by atoms with van der Waals surface area (Å²) >= 11 is 0. The molecule has 0 bridgehead atoms. The molecule has 0 saturated heterocycles. The largest absolute Gasteiger partial charge is 0.392 e. The standard InChI is InChI=1S/C13H20N2O2/c1-2-6-12(16)9-14-10-13(17)15-11-7-4-3-5-8-11/h3-5,7-8,12,14,16H,2,6,9-10H2,1H3,(H,15,17). The Morgan fingerprint density at radius 3 is 2.71 bits per heavy atom. The van der Waals surface area contributed by atoms with Crippen LogP contribution in [0.15, 0.2) is 30.3 Å². The molecular weight excluding hydrogens is 216 g/mol. The fourth-order valence-electron chi connectivity index (χ4n) is 1.51. The van der Waals surface area contributed by atoms with Crippen molar-refractivity contribution >= 4 is 11.6 Å². The van der Waals surface area contributed by atoms with E-state index in [0.717, 1.165) is 18.5 Å². The summed E-state index contributed by atoms with van der Waals surface area (Å²) in [6.07, 6.45) is 1.33. The van der Waals surface area contributed by atoms with Gasteiger partial charge in [-0.05, 0) is 18.6 Å². The van der Waals surface area contributed by atoms with Crippen molar-refractivity contribution in [2.24, 2.45) is 0 Å². The minimum atomic E-state index is -0.371. The molecule has 1 amide bonds. The van der Waals surface area contributed by atoms with E-state index >= 15 is 0 Å². The first-order valence-electron chi connectivity index (χ1n) is 5.96. The molecule has 1 rings (SSSR count). The summed E-state index contributed by atoms with van der Waals surface area (Å²) in [5, 5.41) is 15.2. The van der Waals surface area contributed by atoms with Gasteiger partial charge in [-0.25, -0.2) is 0 Å². The molecule has 0 aliphatic heterocycles. The van der Waals surface area contributed by atoms with Crippen molar-refractivity contribution in [2.75, 3.05) is 18.4 Å². The fraction of sp³-hybridized carbons (Fsp3) is 0.462. The molecule has 17 heavy (non-hydrogen) atoms. The zero-order valence-corrected chi connectivity index (χ0v) is 10.1. The SMILES string of the molecule is CCCC(O)CNCC(=O)Nc1ccccc1. The van der Waals surface area contributed by atoms with Crippen LogP contribution >= 0.6 is 0 Å². The smallest absolute Gasteiger partial charge is 0.238 e. The summed E-state index contributed by atoms with van der Waals surface area (Å²) in [7, 11) is 0. The summed E-state index contributed by atoms with van der Waals surface area (Å²) in [6.45, 7) is 2.69. The third-order valence-electron chi connectivity index (χ3n) is 2.34. The Labute approximate surface area is 102 Å². The van der Waals surface area contributed by atoms with Crippen molar-refractivity contribution in [3.05, 3.63) is 30.3 Å². The van der Waals surface area contributed by atoms with Crippen LogP contribution < -0.4 is 10.6 Å². The molecule has 0 heterocycles. The summed E-state index contributed by atoms with van der Waals surface area (Å²) in [6, 6.07) is 9.31. The molecule has 1 aromatic carbocycles. The number of hydrogen-bond acceptors (Lipinski definition) is 3. The molecule has 4 nitrogen and oxygen atoms in total. The number of hydrogen-bond donors (Lipinski definition) is 3. The van der Waals surface area contributed by atoms with Crippen molar-refractivity contribution < 1.29 is 9.90 Å². The lowest BCUT2D eigenvalue weighted by molar-refractivity contribution is -0.115. The maximum absolute atomic E-state index is 11.5. The maximum atomic E-state index is 11.5. The molecule has 0 aliphatic rings. The van der Waals surface area contributed by atoms with E-state index in [2.05, 4.69) is 10.6 Å². The van der Waals surface area contributed by atoms with Crippen molar-refractivity contribution in [3.63, 3.8) is 0 Å². The number of amides is 1. The van der Waals surface area contributed by atoms with Gasteiger partial charge in [0.1, 0.15) is 0 Å². The Morgan fingerprint density at radius 2 is 2.06 bits per heavy atom. The second-order valence-corrected chi connectivity index (χ2v) is 3.99. The molecule has 1 aromatic rings. The first-order valence-corrected chi connectivity index (χ1v) is 5.96. The van der Waals surface area contributed by atoms with Crippen molar-refractivity contribution in [2.45, 2.75) is 25.9 Å². The van der Waals surface area contributed by atoms with Crippen LogP contribution in [0.4, 0.5) is 5.69 Å². The fourth-order valence-corrected chi connectivity index (χ4v) is 1.51. The predicted octanol–water partition coefficient (Wildman–Crippen LogP) is 1.38. The molecule has 3 N–H and O–H groups in total. The molecule has 0 spiro atoms. The molecular formula is C13H20N2O2. The lowest BCUT2D eigenvalue weighted by atomic mass is 10.2. The first kappa shape index (κ1) is 13.7. The van der Waals surface area contributed by atoms with E-state index in [1.165, 1.54) is 0 Å². The highest BCUT2D eigenvalue weighted by Crippen LogP contribution is 2.03. The van der Waals surface area contributed by atoms with Crippen molar-refractivity contribution in [3.8, 4) is 0 Å². The quantitative estimate of drug-likeness (QED) is 0.670. The number of benzene rings is 1. The average Bonchev–Trinajstić information content (AvgIpc) is 2.30. The van der Waals surface area contributed by atoms with E-state index in [0.29, 0.717) is 6.54 Å². The van der Waals surface area contributed by atoms with E-state index in [9.17, 15) is 9.90 Å². The van der Waals surface area contributed by atoms with Crippen LogP contribution in [-0.2, 0) is 4.79 Å². The summed E-state index contributed by atoms with van der Waals surface area (Å²) in [4.78, 5) is 11.5. The minimum absolute atomic E-state index is 0.0973. The molecule has 0 radical (unpaired) electrons. The van der Waals surface area contributed by atoms with Gasteiger partial charge in [-0.2, -0.15) is 0 Å². The van der Waals surface area contributed by atoms with Crippen molar-refractivity contribution in [1.82, 2.24) is 5.32 Å². The van der Waals surface area contributed by atoms with Gasteiger partial charge in [0.25, 0.3) is 0 Å². The van der Waals surface area contributed by atoms with E-state index < -0.39 is 0 Å². The third-order valence-corrected chi connectivity index (χ3v) is 2.34. The van der Waals surface area contributed by atoms with E-state index in [1.54, 1.807) is 0 Å². The van der Waals surface area contributed by atoms with E-state index in [-0.39, 0.29) is 18.6 Å². The van der Waals surface area contributed by atoms with Crippen LogP contribution in [0.3, 0.4) is 0 Å². The predicted molar refractivity (Wildman–Crippen MR) is 68.9 cm³/mol. The Kier molecular flexibility index (Phi) is 6.29. The second kappa shape index (κ2) is 7.81. The summed E-state index contributed by atoms with van der Waals surface area (Å²) in [5.74, 6) is -0.0973. The zero-order chi connectivity index (χ0) is 12.5. The van der Waals surface area contributed by atoms with Crippen LogP contribution in [0.25, 0.3) is 0 Å². The van der Waals surface area contributed by atoms with E-state index in [4.69, 9.17) is 0 Å². The summed E-state index contributed by atoms with van der Waals surface area (Å²) in [5.41, 5.74) is 0.786. The van der Waals surface area contributed by atoms with Gasteiger partial charge < -0.3 is 15.7 Å². The number of aliphatic hydroxyl groups is 1. The van der Waals surface area contributed by atoms with Gasteiger partial charge in [-0.15, -0.1) is 0 Å². The Balaban J connectivity index is 2.18. The number of carbonyl (C=O) groups is 1. The highest BCUT2D eigenvalue weighted by molar-refractivity contribution is 5.92. The normalized spacial score (nSPS) is 12.1.